The number of nitrogens with zero attached hydrogens (tertiary/aromatic N) is 1. The Labute approximate surface area is 154 Å². The van der Waals surface area contributed by atoms with Gasteiger partial charge in [0.1, 0.15) is 5.75 Å². The van der Waals surface area contributed by atoms with Crippen LogP contribution in [0, 0.1) is 0 Å². The molecule has 2 amide bonds. The van der Waals surface area contributed by atoms with Gasteiger partial charge in [-0.2, -0.15) is 0 Å². The largest absolute Gasteiger partial charge is 0.496 e. The van der Waals surface area contributed by atoms with Gasteiger partial charge in [-0.05, 0) is 49.2 Å². The monoisotopic (exact) mass is 376 g/mol. The minimum atomic E-state index is -3.25. The first-order valence-corrected chi connectivity index (χ1v) is 10.1. The quantitative estimate of drug-likeness (QED) is 0.840. The first-order chi connectivity index (χ1) is 12.2. The van der Waals surface area contributed by atoms with E-state index < -0.39 is 9.84 Å². The fourth-order valence-electron chi connectivity index (χ4n) is 2.52. The Kier molecular flexibility index (Phi) is 6.26. The zero-order chi connectivity index (χ0) is 19.3. The molecule has 2 aromatic carbocycles. The number of anilines is 1. The lowest BCUT2D eigenvalue weighted by Gasteiger charge is -2.26. The van der Waals surface area contributed by atoms with Gasteiger partial charge < -0.3 is 15.0 Å². The van der Waals surface area contributed by atoms with Gasteiger partial charge in [0.15, 0.2) is 9.84 Å². The van der Waals surface area contributed by atoms with Crippen molar-refractivity contribution in [3.05, 3.63) is 54.1 Å². The molecule has 0 radical (unpaired) electrons. The molecule has 0 aliphatic rings. The summed E-state index contributed by atoms with van der Waals surface area (Å²) < 4.78 is 28.3. The molecule has 1 N–H and O–H groups in total. The van der Waals surface area contributed by atoms with Crippen LogP contribution in [0.4, 0.5) is 10.5 Å². The predicted molar refractivity (Wildman–Crippen MR) is 102 cm³/mol. The Morgan fingerprint density at radius 1 is 1.15 bits per heavy atom. The SMILES string of the molecule is COc1ccccc1CC(C)N(C)C(=O)Nc1ccc(S(C)(=O)=O)cc1. The normalized spacial score (nSPS) is 12.3. The summed E-state index contributed by atoms with van der Waals surface area (Å²) in [5.41, 5.74) is 1.57. The fraction of sp³-hybridized carbons (Fsp3) is 0.316. The summed E-state index contributed by atoms with van der Waals surface area (Å²) in [5.74, 6) is 0.796. The molecule has 0 bridgehead atoms. The molecule has 0 spiro atoms. The number of ether oxygens (including phenoxy) is 1. The zero-order valence-corrected chi connectivity index (χ0v) is 16.2. The van der Waals surface area contributed by atoms with Crippen LogP contribution in [0.5, 0.6) is 5.75 Å². The zero-order valence-electron chi connectivity index (χ0n) is 15.4. The van der Waals surface area contributed by atoms with Crippen LogP contribution in [-0.2, 0) is 16.3 Å². The number of nitrogens with one attached hydrogen (secondary N) is 1. The third kappa shape index (κ3) is 4.98. The molecule has 0 aromatic heterocycles. The van der Waals surface area contributed by atoms with E-state index >= 15 is 0 Å². The smallest absolute Gasteiger partial charge is 0.321 e. The van der Waals surface area contributed by atoms with Crippen LogP contribution >= 0.6 is 0 Å². The number of likely N-dealkylation sites (N-methyl/N-ethyl adjacent to an activating group) is 1. The highest BCUT2D eigenvalue weighted by atomic mass is 32.2. The van der Waals surface area contributed by atoms with Crippen molar-refractivity contribution in [2.24, 2.45) is 0 Å². The van der Waals surface area contributed by atoms with E-state index in [1.54, 1.807) is 31.2 Å². The summed E-state index contributed by atoms with van der Waals surface area (Å²) in [7, 11) is 0.0936. The van der Waals surface area contributed by atoms with E-state index in [2.05, 4.69) is 5.32 Å². The van der Waals surface area contributed by atoms with Gasteiger partial charge in [-0.25, -0.2) is 13.2 Å². The molecular weight excluding hydrogens is 352 g/mol. The molecule has 1 unspecified atom stereocenters. The maximum Gasteiger partial charge on any atom is 0.321 e. The van der Waals surface area contributed by atoms with Crippen LogP contribution in [0.1, 0.15) is 12.5 Å². The van der Waals surface area contributed by atoms with Gasteiger partial charge in [-0.15, -0.1) is 0 Å². The van der Waals surface area contributed by atoms with Crippen LogP contribution in [0.25, 0.3) is 0 Å². The average Bonchev–Trinajstić information content (AvgIpc) is 2.61. The van der Waals surface area contributed by atoms with Gasteiger partial charge in [0.2, 0.25) is 0 Å². The minimum absolute atomic E-state index is 0.0541. The summed E-state index contributed by atoms with van der Waals surface area (Å²) >= 11 is 0. The molecule has 0 heterocycles. The Balaban J connectivity index is 2.02. The number of hydrogen-bond acceptors (Lipinski definition) is 4. The number of para-hydroxylation sites is 1. The Morgan fingerprint density at radius 3 is 2.35 bits per heavy atom. The van der Waals surface area contributed by atoms with Crippen LogP contribution in [-0.4, -0.2) is 45.8 Å². The molecule has 0 saturated carbocycles. The molecule has 7 heteroatoms. The third-order valence-electron chi connectivity index (χ3n) is 4.22. The van der Waals surface area contributed by atoms with Gasteiger partial charge in [0.25, 0.3) is 0 Å². The van der Waals surface area contributed by atoms with E-state index in [1.807, 2.05) is 31.2 Å². The molecule has 0 aliphatic heterocycles. The Bertz CT molecular complexity index is 863. The number of urea groups is 1. The third-order valence-corrected chi connectivity index (χ3v) is 5.35. The Morgan fingerprint density at radius 2 is 1.77 bits per heavy atom. The fourth-order valence-corrected chi connectivity index (χ4v) is 3.15. The van der Waals surface area contributed by atoms with E-state index in [-0.39, 0.29) is 17.0 Å². The van der Waals surface area contributed by atoms with Crippen molar-refractivity contribution < 1.29 is 17.9 Å². The van der Waals surface area contributed by atoms with Crippen molar-refractivity contribution in [2.45, 2.75) is 24.3 Å². The second kappa shape index (κ2) is 8.23. The highest BCUT2D eigenvalue weighted by Crippen LogP contribution is 2.21. The minimum Gasteiger partial charge on any atom is -0.496 e. The molecule has 0 saturated heterocycles. The number of hydrogen-bond donors (Lipinski definition) is 1. The number of carbonyl (C=O) groups is 1. The summed E-state index contributed by atoms with van der Waals surface area (Å²) in [6.07, 6.45) is 1.80. The molecule has 2 rings (SSSR count). The lowest BCUT2D eigenvalue weighted by Crippen LogP contribution is -2.39. The van der Waals surface area contributed by atoms with Gasteiger partial charge >= 0.3 is 6.03 Å². The topological polar surface area (TPSA) is 75.7 Å². The average molecular weight is 376 g/mol. The standard InChI is InChI=1S/C19H24N2O4S/c1-14(13-15-7-5-6-8-18(15)25-3)21(2)19(22)20-16-9-11-17(12-10-16)26(4,23)24/h5-12,14H,13H2,1-4H3,(H,20,22). The molecular formula is C19H24N2O4S. The number of methoxy groups -OCH3 is 1. The number of amides is 2. The predicted octanol–water partition coefficient (Wildman–Crippen LogP) is 3.19. The van der Waals surface area contributed by atoms with E-state index in [0.717, 1.165) is 17.6 Å². The highest BCUT2D eigenvalue weighted by molar-refractivity contribution is 7.90. The van der Waals surface area contributed by atoms with Crippen LogP contribution in [0.2, 0.25) is 0 Å². The number of benzene rings is 2. The Hall–Kier alpha value is -2.54. The number of carbonyl (C=O) groups excluding carboxylic acids is 1. The van der Waals surface area contributed by atoms with Crippen molar-refractivity contribution in [2.75, 3.05) is 25.7 Å². The molecule has 6 nitrogen and oxygen atoms in total. The van der Waals surface area contributed by atoms with Crippen molar-refractivity contribution in [1.82, 2.24) is 4.90 Å². The summed E-state index contributed by atoms with van der Waals surface area (Å²) in [4.78, 5) is 14.3. The van der Waals surface area contributed by atoms with Crippen molar-refractivity contribution in [3.63, 3.8) is 0 Å². The van der Waals surface area contributed by atoms with E-state index in [4.69, 9.17) is 4.74 Å². The van der Waals surface area contributed by atoms with E-state index in [0.29, 0.717) is 12.1 Å². The van der Waals surface area contributed by atoms with Crippen LogP contribution in [0.15, 0.2) is 53.4 Å². The van der Waals surface area contributed by atoms with Gasteiger partial charge in [0, 0.05) is 25.0 Å². The van der Waals surface area contributed by atoms with E-state index in [1.165, 1.54) is 12.1 Å². The first-order valence-electron chi connectivity index (χ1n) is 8.18. The summed E-state index contributed by atoms with van der Waals surface area (Å²) in [6.45, 7) is 1.96. The van der Waals surface area contributed by atoms with Crippen molar-refractivity contribution in [1.29, 1.82) is 0 Å². The first kappa shape index (κ1) is 19.8. The second-order valence-corrected chi connectivity index (χ2v) is 8.22. The van der Waals surface area contributed by atoms with Gasteiger partial charge in [0.05, 0.1) is 12.0 Å². The maximum absolute atomic E-state index is 12.4. The van der Waals surface area contributed by atoms with Gasteiger partial charge in [-0.3, -0.25) is 0 Å². The molecule has 26 heavy (non-hydrogen) atoms. The molecule has 0 fully saturated rings. The summed E-state index contributed by atoms with van der Waals surface area (Å²) in [6, 6.07) is 13.5. The molecule has 2 aromatic rings. The lowest BCUT2D eigenvalue weighted by atomic mass is 10.1. The van der Waals surface area contributed by atoms with E-state index in [9.17, 15) is 13.2 Å². The number of rotatable bonds is 6. The van der Waals surface area contributed by atoms with Crippen molar-refractivity contribution >= 4 is 21.6 Å². The highest BCUT2D eigenvalue weighted by Gasteiger charge is 2.18. The molecule has 0 aliphatic carbocycles. The maximum atomic E-state index is 12.4. The van der Waals surface area contributed by atoms with Crippen LogP contribution < -0.4 is 10.1 Å². The second-order valence-electron chi connectivity index (χ2n) is 6.20. The van der Waals surface area contributed by atoms with Crippen LogP contribution in [0.3, 0.4) is 0 Å². The number of sulfone groups is 1. The molecule has 1 atom stereocenters. The van der Waals surface area contributed by atoms with Gasteiger partial charge in [-0.1, -0.05) is 18.2 Å². The lowest BCUT2D eigenvalue weighted by molar-refractivity contribution is 0.207. The summed E-state index contributed by atoms with van der Waals surface area (Å²) in [5, 5.41) is 2.78. The van der Waals surface area contributed by atoms with Crippen molar-refractivity contribution in [3.8, 4) is 5.75 Å². The molecule has 140 valence electrons.